The number of carbonyl (C=O) groups excluding carboxylic acids is 3. The Kier molecular flexibility index (Phi) is 10.3. The van der Waals surface area contributed by atoms with E-state index in [-0.39, 0.29) is 11.8 Å². The molecule has 1 rings (SSSR count). The molecule has 8 nitrogen and oxygen atoms in total. The molecule has 0 spiro atoms. The molecular weight excluding hydrogens is 350 g/mol. The first kappa shape index (κ1) is 23.4. The molecule has 0 bridgehead atoms. The van der Waals surface area contributed by atoms with Gasteiger partial charge in [0.1, 0.15) is 6.04 Å². The summed E-state index contributed by atoms with van der Waals surface area (Å²) in [6.07, 6.45) is 6.17. The number of hydrogen-bond donors (Lipinski definition) is 4. The summed E-state index contributed by atoms with van der Waals surface area (Å²) in [5.41, 5.74) is 1.53. The van der Waals surface area contributed by atoms with Crippen molar-refractivity contribution in [2.75, 3.05) is 20.2 Å². The lowest BCUT2D eigenvalue weighted by molar-refractivity contribution is -0.144. The van der Waals surface area contributed by atoms with Gasteiger partial charge in [-0.25, -0.2) is 5.48 Å². The van der Waals surface area contributed by atoms with Gasteiger partial charge in [-0.2, -0.15) is 0 Å². The monoisotopic (exact) mass is 385 g/mol. The lowest BCUT2D eigenvalue weighted by Gasteiger charge is -2.30. The number of hydroxylamine groups is 1. The van der Waals surface area contributed by atoms with E-state index >= 15 is 0 Å². The van der Waals surface area contributed by atoms with Crippen LogP contribution in [0, 0.1) is 17.8 Å². The number of likely N-dealkylation sites (N-methyl/N-ethyl adjacent to an activating group) is 1. The molecule has 1 heterocycles. The molecular formula is C19H35N3O5. The summed E-state index contributed by atoms with van der Waals surface area (Å²) < 4.78 is 0. The standard InChI is InChI=1S/C19H35N3O5/c1-13(2)16-19(26)22(3)11-9-7-5-4-6-8-10-14(17(24)20-16)15(12-23)18(25)21-27/h13-16,23,27H,4-12H2,1-3H3,(H,20,24)(H,21,25). The zero-order valence-corrected chi connectivity index (χ0v) is 16.7. The second-order valence-electron chi connectivity index (χ2n) is 7.77. The first-order valence-electron chi connectivity index (χ1n) is 9.93. The minimum absolute atomic E-state index is 0.114. The smallest absolute Gasteiger partial charge is 0.249 e. The summed E-state index contributed by atoms with van der Waals surface area (Å²) in [6.45, 7) is 3.82. The summed E-state index contributed by atoms with van der Waals surface area (Å²) in [4.78, 5) is 39.3. The molecule has 1 fully saturated rings. The molecule has 156 valence electrons. The molecule has 1 aliphatic rings. The highest BCUT2D eigenvalue weighted by Gasteiger charge is 2.36. The van der Waals surface area contributed by atoms with E-state index < -0.39 is 36.3 Å². The molecule has 1 aliphatic heterocycles. The third-order valence-electron chi connectivity index (χ3n) is 5.33. The molecule has 0 aromatic carbocycles. The number of nitrogens with zero attached hydrogens (tertiary/aromatic N) is 1. The van der Waals surface area contributed by atoms with Crippen molar-refractivity contribution in [2.24, 2.45) is 17.8 Å². The van der Waals surface area contributed by atoms with Crippen molar-refractivity contribution in [3.63, 3.8) is 0 Å². The van der Waals surface area contributed by atoms with E-state index in [1.54, 1.807) is 11.9 Å². The van der Waals surface area contributed by atoms with E-state index in [9.17, 15) is 19.5 Å². The van der Waals surface area contributed by atoms with Crippen LogP contribution in [0.5, 0.6) is 0 Å². The highest BCUT2D eigenvalue weighted by molar-refractivity contribution is 5.91. The van der Waals surface area contributed by atoms with Crippen LogP contribution in [-0.2, 0) is 14.4 Å². The van der Waals surface area contributed by atoms with Crippen molar-refractivity contribution >= 4 is 17.7 Å². The quantitative estimate of drug-likeness (QED) is 0.426. The van der Waals surface area contributed by atoms with E-state index in [1.165, 1.54) is 5.48 Å². The molecule has 0 aliphatic carbocycles. The number of aliphatic hydroxyl groups is 1. The van der Waals surface area contributed by atoms with Gasteiger partial charge >= 0.3 is 0 Å². The molecule has 3 amide bonds. The molecule has 8 heteroatoms. The Morgan fingerprint density at radius 2 is 1.78 bits per heavy atom. The van der Waals surface area contributed by atoms with Gasteiger partial charge in [-0.05, 0) is 18.8 Å². The lowest BCUT2D eigenvalue weighted by Crippen LogP contribution is -2.53. The van der Waals surface area contributed by atoms with Crippen LogP contribution in [0.4, 0.5) is 0 Å². The summed E-state index contributed by atoms with van der Waals surface area (Å²) in [5, 5.41) is 21.3. The van der Waals surface area contributed by atoms with Crippen LogP contribution < -0.4 is 10.8 Å². The van der Waals surface area contributed by atoms with Crippen molar-refractivity contribution in [1.29, 1.82) is 0 Å². The van der Waals surface area contributed by atoms with E-state index in [0.29, 0.717) is 13.0 Å². The number of carbonyl (C=O) groups is 3. The number of rotatable bonds is 4. The molecule has 3 unspecified atom stereocenters. The Bertz CT molecular complexity index is 498. The first-order chi connectivity index (χ1) is 12.8. The predicted molar refractivity (Wildman–Crippen MR) is 101 cm³/mol. The predicted octanol–water partition coefficient (Wildman–Crippen LogP) is 1.06. The maximum absolute atomic E-state index is 12.9. The van der Waals surface area contributed by atoms with Crippen molar-refractivity contribution in [3.8, 4) is 0 Å². The van der Waals surface area contributed by atoms with Crippen LogP contribution in [-0.4, -0.2) is 59.2 Å². The number of nitrogens with one attached hydrogen (secondary N) is 2. The summed E-state index contributed by atoms with van der Waals surface area (Å²) in [6, 6.07) is -0.690. The van der Waals surface area contributed by atoms with Gasteiger partial charge in [-0.1, -0.05) is 46.0 Å². The van der Waals surface area contributed by atoms with Gasteiger partial charge in [0.15, 0.2) is 0 Å². The average Bonchev–Trinajstić information content (AvgIpc) is 2.64. The van der Waals surface area contributed by atoms with Gasteiger partial charge < -0.3 is 15.3 Å². The summed E-state index contributed by atoms with van der Waals surface area (Å²) in [7, 11) is 1.74. The molecule has 27 heavy (non-hydrogen) atoms. The van der Waals surface area contributed by atoms with Crippen LogP contribution in [0.1, 0.15) is 58.8 Å². The maximum Gasteiger partial charge on any atom is 0.249 e. The van der Waals surface area contributed by atoms with E-state index in [0.717, 1.165) is 38.5 Å². The molecule has 0 aromatic heterocycles. The normalized spacial score (nSPS) is 24.9. The van der Waals surface area contributed by atoms with Crippen LogP contribution >= 0.6 is 0 Å². The zero-order chi connectivity index (χ0) is 20.4. The van der Waals surface area contributed by atoms with Gasteiger partial charge in [-0.3, -0.25) is 19.6 Å². The van der Waals surface area contributed by atoms with Gasteiger partial charge in [-0.15, -0.1) is 0 Å². The van der Waals surface area contributed by atoms with Crippen LogP contribution in [0.2, 0.25) is 0 Å². The second kappa shape index (κ2) is 11.9. The Balaban J connectivity index is 3.07. The van der Waals surface area contributed by atoms with Crippen molar-refractivity contribution in [3.05, 3.63) is 0 Å². The Labute approximate surface area is 161 Å². The molecule has 0 saturated carbocycles. The fraction of sp³-hybridized carbons (Fsp3) is 0.842. The minimum Gasteiger partial charge on any atom is -0.396 e. The summed E-state index contributed by atoms with van der Waals surface area (Å²) in [5.74, 6) is -3.34. The van der Waals surface area contributed by atoms with Gasteiger partial charge in [0.05, 0.1) is 18.4 Å². The minimum atomic E-state index is -1.05. The Morgan fingerprint density at radius 1 is 1.19 bits per heavy atom. The van der Waals surface area contributed by atoms with E-state index in [4.69, 9.17) is 5.21 Å². The van der Waals surface area contributed by atoms with Crippen molar-refractivity contribution in [2.45, 2.75) is 64.8 Å². The van der Waals surface area contributed by atoms with Gasteiger partial charge in [0, 0.05) is 13.6 Å². The number of aliphatic hydroxyl groups excluding tert-OH is 1. The van der Waals surface area contributed by atoms with Gasteiger partial charge in [0.2, 0.25) is 17.7 Å². The van der Waals surface area contributed by atoms with Crippen LogP contribution in [0.25, 0.3) is 0 Å². The third kappa shape index (κ3) is 7.10. The SMILES string of the molecule is CC(C)C1NC(=O)C(C(CO)C(=O)NO)CCCCCCCCN(C)C1=O. The second-order valence-corrected chi connectivity index (χ2v) is 7.77. The van der Waals surface area contributed by atoms with Crippen LogP contribution in [0.15, 0.2) is 0 Å². The zero-order valence-electron chi connectivity index (χ0n) is 16.7. The topological polar surface area (TPSA) is 119 Å². The fourth-order valence-corrected chi connectivity index (χ4v) is 3.53. The van der Waals surface area contributed by atoms with Crippen molar-refractivity contribution in [1.82, 2.24) is 15.7 Å². The largest absolute Gasteiger partial charge is 0.396 e. The van der Waals surface area contributed by atoms with Crippen LogP contribution in [0.3, 0.4) is 0 Å². The average molecular weight is 386 g/mol. The molecule has 0 radical (unpaired) electrons. The molecule has 4 N–H and O–H groups in total. The summed E-state index contributed by atoms with van der Waals surface area (Å²) >= 11 is 0. The molecule has 1 saturated heterocycles. The highest BCUT2D eigenvalue weighted by atomic mass is 16.5. The van der Waals surface area contributed by atoms with Gasteiger partial charge in [0.25, 0.3) is 0 Å². The molecule has 0 aromatic rings. The number of amides is 3. The number of hydrogen-bond acceptors (Lipinski definition) is 5. The molecule has 3 atom stereocenters. The Morgan fingerprint density at radius 3 is 2.33 bits per heavy atom. The first-order valence-corrected chi connectivity index (χ1v) is 9.93. The fourth-order valence-electron chi connectivity index (χ4n) is 3.53. The maximum atomic E-state index is 12.9. The van der Waals surface area contributed by atoms with E-state index in [1.807, 2.05) is 13.8 Å². The van der Waals surface area contributed by atoms with E-state index in [2.05, 4.69) is 5.32 Å². The van der Waals surface area contributed by atoms with Crippen molar-refractivity contribution < 1.29 is 24.7 Å². The third-order valence-corrected chi connectivity index (χ3v) is 5.33. The highest BCUT2D eigenvalue weighted by Crippen LogP contribution is 2.22. The Hall–Kier alpha value is -1.67. The lowest BCUT2D eigenvalue weighted by atomic mass is 9.85.